The van der Waals surface area contributed by atoms with Gasteiger partial charge < -0.3 is 19.7 Å². The zero-order chi connectivity index (χ0) is 22.8. The smallest absolute Gasteiger partial charge is 0.240 e. The number of sulfonamides is 1. The van der Waals surface area contributed by atoms with E-state index >= 15 is 0 Å². The van der Waals surface area contributed by atoms with Gasteiger partial charge in [-0.15, -0.1) is 0 Å². The van der Waals surface area contributed by atoms with Crippen LogP contribution < -0.4 is 19.5 Å². The number of likely N-dealkylation sites (tertiary alicyclic amines) is 1. The number of unbranched alkanes of at least 4 members (excludes halogenated alkanes) is 2. The summed E-state index contributed by atoms with van der Waals surface area (Å²) in [5.41, 5.74) is 0. The van der Waals surface area contributed by atoms with Crippen LogP contribution in [0.4, 0.5) is 0 Å². The van der Waals surface area contributed by atoms with Gasteiger partial charge in [-0.25, -0.2) is 13.1 Å². The first-order chi connectivity index (χ1) is 15.4. The number of nitrogens with one attached hydrogen (secondary N) is 2. The molecule has 9 heteroatoms. The minimum absolute atomic E-state index is 0.0763. The summed E-state index contributed by atoms with van der Waals surface area (Å²) in [7, 11) is -3.60. The molecule has 32 heavy (non-hydrogen) atoms. The minimum atomic E-state index is -3.60. The number of rotatable bonds is 12. The SMILES string of the molecule is CC(CNC(=O)CCCCCNS(=O)(=O)c1ccc2c(c1)OCCO2)CN1CCCCC1. The summed E-state index contributed by atoms with van der Waals surface area (Å²) in [6.45, 7) is 7.51. The van der Waals surface area contributed by atoms with Crippen molar-refractivity contribution in [2.45, 2.75) is 56.8 Å². The average Bonchev–Trinajstić information content (AvgIpc) is 2.80. The van der Waals surface area contributed by atoms with Gasteiger partial charge in [-0.3, -0.25) is 4.79 Å². The van der Waals surface area contributed by atoms with Crippen molar-refractivity contribution in [1.29, 1.82) is 0 Å². The summed E-state index contributed by atoms with van der Waals surface area (Å²) < 4.78 is 38.5. The van der Waals surface area contributed by atoms with Crippen LogP contribution in [0.1, 0.15) is 51.9 Å². The maximum Gasteiger partial charge on any atom is 0.240 e. The Morgan fingerprint density at radius 1 is 1.06 bits per heavy atom. The van der Waals surface area contributed by atoms with E-state index in [9.17, 15) is 13.2 Å². The molecule has 0 spiro atoms. The number of hydrogen-bond acceptors (Lipinski definition) is 6. The molecule has 1 aromatic rings. The average molecular weight is 468 g/mol. The van der Waals surface area contributed by atoms with Gasteiger partial charge in [-0.1, -0.05) is 19.8 Å². The largest absolute Gasteiger partial charge is 0.486 e. The summed E-state index contributed by atoms with van der Waals surface area (Å²) in [4.78, 5) is 14.7. The van der Waals surface area contributed by atoms with E-state index in [0.29, 0.717) is 56.6 Å². The third kappa shape index (κ3) is 7.94. The molecule has 0 aromatic heterocycles. The first-order valence-corrected chi connectivity index (χ1v) is 13.3. The van der Waals surface area contributed by atoms with Crippen molar-refractivity contribution in [3.05, 3.63) is 18.2 Å². The predicted molar refractivity (Wildman–Crippen MR) is 124 cm³/mol. The van der Waals surface area contributed by atoms with Crippen LogP contribution in [0.25, 0.3) is 0 Å². The highest BCUT2D eigenvalue weighted by Crippen LogP contribution is 2.32. The molecule has 0 radical (unpaired) electrons. The van der Waals surface area contributed by atoms with E-state index in [4.69, 9.17) is 9.47 Å². The zero-order valence-corrected chi connectivity index (χ0v) is 19.9. The number of carbonyl (C=O) groups excluding carboxylic acids is 1. The minimum Gasteiger partial charge on any atom is -0.486 e. The highest BCUT2D eigenvalue weighted by Gasteiger charge is 2.19. The standard InChI is InChI=1S/C23H37N3O5S/c1-19(18-26-12-6-3-7-13-26)17-24-23(27)8-4-2-5-11-25-32(28,29)20-9-10-21-22(16-20)31-15-14-30-21/h9-10,16,19,25H,2-8,11-15,17-18H2,1H3,(H,24,27). The molecule has 2 N–H and O–H groups in total. The van der Waals surface area contributed by atoms with Crippen LogP contribution in [0.2, 0.25) is 0 Å². The van der Waals surface area contributed by atoms with Crippen molar-refractivity contribution in [1.82, 2.24) is 14.9 Å². The number of piperidine rings is 1. The number of amides is 1. The Hall–Kier alpha value is -1.84. The maximum absolute atomic E-state index is 12.5. The van der Waals surface area contributed by atoms with Gasteiger partial charge in [0.05, 0.1) is 4.90 Å². The molecule has 3 rings (SSSR count). The van der Waals surface area contributed by atoms with Crippen LogP contribution in [-0.2, 0) is 14.8 Å². The Morgan fingerprint density at radius 2 is 1.81 bits per heavy atom. The van der Waals surface area contributed by atoms with E-state index in [1.165, 1.54) is 44.5 Å². The Morgan fingerprint density at radius 3 is 2.59 bits per heavy atom. The second-order valence-corrected chi connectivity index (χ2v) is 10.6. The second kappa shape index (κ2) is 12.4. The fourth-order valence-corrected chi connectivity index (χ4v) is 5.18. The lowest BCUT2D eigenvalue weighted by Crippen LogP contribution is -2.38. The number of carbonyl (C=O) groups is 1. The summed E-state index contributed by atoms with van der Waals surface area (Å²) in [5, 5.41) is 3.03. The lowest BCUT2D eigenvalue weighted by molar-refractivity contribution is -0.121. The topological polar surface area (TPSA) is 97.0 Å². The molecule has 0 aliphatic carbocycles. The van der Waals surface area contributed by atoms with Gasteiger partial charge in [-0.2, -0.15) is 0 Å². The first kappa shape index (κ1) is 24.8. The molecule has 0 bridgehead atoms. The quantitative estimate of drug-likeness (QED) is 0.459. The van der Waals surface area contributed by atoms with Crippen molar-refractivity contribution in [3.63, 3.8) is 0 Å². The molecule has 0 saturated carbocycles. The highest BCUT2D eigenvalue weighted by atomic mass is 32.2. The van der Waals surface area contributed by atoms with Gasteiger partial charge in [0.25, 0.3) is 0 Å². The van der Waals surface area contributed by atoms with Gasteiger partial charge in [0.2, 0.25) is 15.9 Å². The maximum atomic E-state index is 12.5. The molecular formula is C23H37N3O5S. The monoisotopic (exact) mass is 467 g/mol. The van der Waals surface area contributed by atoms with Crippen molar-refractivity contribution in [2.24, 2.45) is 5.92 Å². The molecule has 1 unspecified atom stereocenters. The third-order valence-electron chi connectivity index (χ3n) is 5.86. The van der Waals surface area contributed by atoms with Crippen LogP contribution in [0.3, 0.4) is 0 Å². The Labute approximate surface area is 192 Å². The Bertz CT molecular complexity index is 840. The summed E-state index contributed by atoms with van der Waals surface area (Å²) >= 11 is 0. The first-order valence-electron chi connectivity index (χ1n) is 11.8. The van der Waals surface area contributed by atoms with E-state index in [2.05, 4.69) is 21.9 Å². The van der Waals surface area contributed by atoms with E-state index in [1.807, 2.05) is 0 Å². The van der Waals surface area contributed by atoms with Gasteiger partial charge in [0, 0.05) is 32.1 Å². The summed E-state index contributed by atoms with van der Waals surface area (Å²) in [5.74, 6) is 1.55. The molecule has 2 aliphatic heterocycles. The zero-order valence-electron chi connectivity index (χ0n) is 19.1. The fourth-order valence-electron chi connectivity index (χ4n) is 4.09. The molecule has 180 valence electrons. The van der Waals surface area contributed by atoms with E-state index in [0.717, 1.165) is 19.4 Å². The lowest BCUT2D eigenvalue weighted by atomic mass is 10.1. The molecule has 1 atom stereocenters. The molecule has 2 aliphatic rings. The Kier molecular flexibility index (Phi) is 9.62. The summed E-state index contributed by atoms with van der Waals surface area (Å²) in [6, 6.07) is 4.63. The van der Waals surface area contributed by atoms with Crippen LogP contribution in [0.5, 0.6) is 11.5 Å². The van der Waals surface area contributed by atoms with E-state index < -0.39 is 10.0 Å². The molecule has 1 amide bonds. The summed E-state index contributed by atoms with van der Waals surface area (Å²) in [6.07, 6.45) is 6.60. The fraction of sp³-hybridized carbons (Fsp3) is 0.696. The van der Waals surface area contributed by atoms with Crippen LogP contribution in [-0.4, -0.2) is 65.2 Å². The van der Waals surface area contributed by atoms with Crippen LogP contribution >= 0.6 is 0 Å². The van der Waals surface area contributed by atoms with Gasteiger partial charge in [0.15, 0.2) is 11.5 Å². The van der Waals surface area contributed by atoms with Crippen molar-refractivity contribution in [2.75, 3.05) is 45.9 Å². The predicted octanol–water partition coefficient (Wildman–Crippen LogP) is 2.53. The van der Waals surface area contributed by atoms with E-state index in [-0.39, 0.29) is 10.8 Å². The second-order valence-electron chi connectivity index (χ2n) is 8.78. The van der Waals surface area contributed by atoms with Gasteiger partial charge in [-0.05, 0) is 56.8 Å². The number of ether oxygens (including phenoxy) is 2. The van der Waals surface area contributed by atoms with Crippen molar-refractivity contribution < 1.29 is 22.7 Å². The van der Waals surface area contributed by atoms with Crippen molar-refractivity contribution >= 4 is 15.9 Å². The molecule has 1 saturated heterocycles. The number of benzene rings is 1. The van der Waals surface area contributed by atoms with Gasteiger partial charge >= 0.3 is 0 Å². The lowest BCUT2D eigenvalue weighted by Gasteiger charge is -2.29. The molecule has 2 heterocycles. The number of nitrogens with zero attached hydrogens (tertiary/aromatic N) is 1. The molecular weight excluding hydrogens is 430 g/mol. The van der Waals surface area contributed by atoms with Crippen LogP contribution in [0.15, 0.2) is 23.1 Å². The Balaban J connectivity index is 1.26. The molecule has 8 nitrogen and oxygen atoms in total. The van der Waals surface area contributed by atoms with Gasteiger partial charge in [0.1, 0.15) is 13.2 Å². The highest BCUT2D eigenvalue weighted by molar-refractivity contribution is 7.89. The molecule has 1 aromatic carbocycles. The normalized spacial score (nSPS) is 17.7. The number of fused-ring (bicyclic) bond motifs is 1. The number of hydrogen-bond donors (Lipinski definition) is 2. The van der Waals surface area contributed by atoms with Crippen molar-refractivity contribution in [3.8, 4) is 11.5 Å². The molecule has 1 fully saturated rings. The third-order valence-corrected chi connectivity index (χ3v) is 7.32. The van der Waals surface area contributed by atoms with Crippen LogP contribution in [0, 0.1) is 5.92 Å². The van der Waals surface area contributed by atoms with E-state index in [1.54, 1.807) is 6.07 Å².